The molecule has 0 unspecified atom stereocenters. The third-order valence-electron chi connectivity index (χ3n) is 2.87. The van der Waals surface area contributed by atoms with E-state index in [1.165, 1.54) is 54.6 Å². The zero-order valence-corrected chi connectivity index (χ0v) is 17.3. The number of benzene rings is 2. The number of sulfone groups is 1. The van der Waals surface area contributed by atoms with Gasteiger partial charge in [-0.3, -0.25) is 0 Å². The average molecular weight is 546 g/mol. The van der Waals surface area contributed by atoms with Crippen LogP contribution in [0.1, 0.15) is 10.4 Å². The molecule has 0 spiro atoms. The monoisotopic (exact) mass is 546 g/mol. The number of halogens is 4. The Morgan fingerprint density at radius 2 is 1.39 bits per heavy atom. The Balaban J connectivity index is 2.43. The molecule has 0 saturated heterocycles. The summed E-state index contributed by atoms with van der Waals surface area (Å²) >= 11 is -3.96. The number of hydrogen-bond donors (Lipinski definition) is 0. The van der Waals surface area contributed by atoms with Gasteiger partial charge in [-0.1, -0.05) is 0 Å². The molecule has 0 bridgehead atoms. The van der Waals surface area contributed by atoms with E-state index in [9.17, 15) is 34.8 Å². The molecule has 6 nitrogen and oxygen atoms in total. The summed E-state index contributed by atoms with van der Waals surface area (Å²) in [5.41, 5.74) is -5.89. The number of alkyl halides is 3. The first-order valence-corrected chi connectivity index (χ1v) is 13.0. The average Bonchev–Trinajstić information content (AvgIpc) is 2.65. The number of hydrogen-bond acceptors (Lipinski definition) is 6. The fraction of sp³-hybridized carbons (Fsp3) is 0.0625. The van der Waals surface area contributed by atoms with E-state index in [0.29, 0.717) is 0 Å². The molecule has 2 aromatic rings. The fourth-order valence-corrected chi connectivity index (χ4v) is 8.44. The summed E-state index contributed by atoms with van der Waals surface area (Å²) in [4.78, 5) is 12.0. The first-order chi connectivity index (χ1) is 12.9. The molecular weight excluding hydrogens is 536 g/mol. The Morgan fingerprint density at radius 3 is 1.89 bits per heavy atom. The van der Waals surface area contributed by atoms with Crippen molar-refractivity contribution in [3.8, 4) is 9.18 Å². The Kier molecular flexibility index (Phi) is 6.86. The van der Waals surface area contributed by atoms with Crippen molar-refractivity contribution in [1.29, 1.82) is 0 Å². The predicted molar refractivity (Wildman–Crippen MR) is 103 cm³/mol. The maximum absolute atomic E-state index is 12.6. The van der Waals surface area contributed by atoms with Gasteiger partial charge in [0, 0.05) is 0 Å². The van der Waals surface area contributed by atoms with Crippen LogP contribution in [0.3, 0.4) is 0 Å². The van der Waals surface area contributed by atoms with E-state index in [0.717, 1.165) is 0 Å². The van der Waals surface area contributed by atoms with E-state index in [2.05, 4.69) is 2.51 Å². The van der Waals surface area contributed by atoms with Gasteiger partial charge in [0.1, 0.15) is 0 Å². The molecule has 0 aliphatic heterocycles. The minimum absolute atomic E-state index is 0.00869. The van der Waals surface area contributed by atoms with Crippen LogP contribution in [-0.4, -0.2) is 27.5 Å². The van der Waals surface area contributed by atoms with Crippen LogP contribution in [0.2, 0.25) is 0 Å². The second-order valence-electron chi connectivity index (χ2n) is 4.86. The van der Waals surface area contributed by atoms with Crippen LogP contribution in [0.15, 0.2) is 60.7 Å². The number of carbonyl (C=O) groups is 1. The van der Waals surface area contributed by atoms with Crippen molar-refractivity contribution >= 4 is 45.3 Å². The van der Waals surface area contributed by atoms with E-state index in [-0.39, 0.29) is 9.13 Å². The first kappa shape index (κ1) is 22.3. The third-order valence-corrected chi connectivity index (χ3v) is 10.3. The van der Waals surface area contributed by atoms with Crippen LogP contribution in [0.5, 0.6) is 0 Å². The zero-order valence-electron chi connectivity index (χ0n) is 13.6. The van der Waals surface area contributed by atoms with Crippen molar-refractivity contribution < 1.29 is 37.3 Å². The summed E-state index contributed by atoms with van der Waals surface area (Å²) < 4.78 is 90.9. The molecule has 0 atom stereocenters. The summed E-state index contributed by atoms with van der Waals surface area (Å²) in [6.07, 6.45) is 0. The summed E-state index contributed by atoms with van der Waals surface area (Å²) in [6, 6.07) is 13.6. The molecule has 0 aliphatic rings. The Morgan fingerprint density at radius 1 is 0.893 bits per heavy atom. The van der Waals surface area contributed by atoms with Crippen molar-refractivity contribution in [3.63, 3.8) is 0 Å². The zero-order chi connectivity index (χ0) is 21.0. The van der Waals surface area contributed by atoms with E-state index >= 15 is 0 Å². The summed E-state index contributed by atoms with van der Waals surface area (Å²) in [7, 11) is -10.7. The van der Waals surface area contributed by atoms with Gasteiger partial charge in [-0.15, -0.1) is 0 Å². The van der Waals surface area contributed by atoms with Crippen LogP contribution in [-0.2, 0) is 22.5 Å². The molecular formula is C16H10F3IO6S2. The topological polar surface area (TPSA) is 94.6 Å². The van der Waals surface area contributed by atoms with Crippen LogP contribution >= 0.6 is 20.2 Å². The predicted octanol–water partition coefficient (Wildman–Crippen LogP) is 3.32. The molecule has 0 aliphatic carbocycles. The van der Waals surface area contributed by atoms with Crippen molar-refractivity contribution in [2.75, 3.05) is 0 Å². The molecule has 12 heteroatoms. The Labute approximate surface area is 166 Å². The summed E-state index contributed by atoms with van der Waals surface area (Å²) in [5.74, 6) is 0. The van der Waals surface area contributed by atoms with Crippen molar-refractivity contribution in [1.82, 2.24) is 0 Å². The van der Waals surface area contributed by atoms with Crippen LogP contribution in [0.4, 0.5) is 13.2 Å². The van der Waals surface area contributed by atoms with E-state index in [1.807, 2.05) is 3.93 Å². The molecule has 28 heavy (non-hydrogen) atoms. The van der Waals surface area contributed by atoms with Crippen molar-refractivity contribution in [3.05, 3.63) is 69.8 Å². The van der Waals surface area contributed by atoms with Crippen molar-refractivity contribution in [2.45, 2.75) is 5.51 Å². The Hall–Kier alpha value is -1.95. The van der Waals surface area contributed by atoms with Gasteiger partial charge in [-0.05, 0) is 0 Å². The van der Waals surface area contributed by atoms with Gasteiger partial charge in [-0.2, -0.15) is 0 Å². The second-order valence-corrected chi connectivity index (χ2v) is 12.2. The summed E-state index contributed by atoms with van der Waals surface area (Å²) in [5, 5.41) is 0.257. The molecule has 0 N–H and O–H groups in total. The third kappa shape index (κ3) is 5.53. The second kappa shape index (κ2) is 8.60. The van der Waals surface area contributed by atoms with Gasteiger partial charge in [-0.25, -0.2) is 0 Å². The molecule has 0 fully saturated rings. The van der Waals surface area contributed by atoms with Crippen molar-refractivity contribution in [2.24, 2.45) is 0 Å². The molecule has 2 aromatic carbocycles. The quantitative estimate of drug-likeness (QED) is 0.332. The van der Waals surface area contributed by atoms with Gasteiger partial charge in [0.05, 0.1) is 0 Å². The number of rotatable bonds is 4. The van der Waals surface area contributed by atoms with Gasteiger partial charge in [0.2, 0.25) is 0 Å². The fourth-order valence-electron chi connectivity index (χ4n) is 1.62. The summed E-state index contributed by atoms with van der Waals surface area (Å²) in [6.45, 7) is 0. The molecule has 0 aromatic heterocycles. The van der Waals surface area contributed by atoms with Crippen LogP contribution < -0.4 is 0 Å². The van der Waals surface area contributed by atoms with E-state index < -0.39 is 50.8 Å². The van der Waals surface area contributed by atoms with E-state index in [1.54, 1.807) is 11.3 Å². The molecule has 0 saturated carbocycles. The van der Waals surface area contributed by atoms with Crippen LogP contribution in [0, 0.1) is 12.7 Å². The SMILES string of the molecule is O=C(c1ccccc1)S(=O)(=O)C#CI(OS(=O)(=O)C(F)(F)F)c1ccccc1. The normalized spacial score (nSPS) is 12.6. The molecule has 0 amide bonds. The van der Waals surface area contributed by atoms with Gasteiger partial charge < -0.3 is 0 Å². The molecule has 150 valence electrons. The minimum atomic E-state index is -6.00. The van der Waals surface area contributed by atoms with E-state index in [4.69, 9.17) is 0 Å². The number of carbonyl (C=O) groups excluding carboxylic acids is 1. The molecule has 2 rings (SSSR count). The standard InChI is InChI=1S/C16H10F3IO6S2/c17-16(18,19)28(24,25)26-20(14-9-5-2-6-10-14)11-12-27(22,23)15(21)13-7-3-1-4-8-13/h1-10H. The molecule has 0 heterocycles. The van der Waals surface area contributed by atoms with Gasteiger partial charge in [0.15, 0.2) is 0 Å². The first-order valence-electron chi connectivity index (χ1n) is 7.07. The maximum atomic E-state index is 12.6. The van der Waals surface area contributed by atoms with Crippen LogP contribution in [0.25, 0.3) is 0 Å². The Bertz CT molecular complexity index is 1120. The van der Waals surface area contributed by atoms with Gasteiger partial charge in [0.25, 0.3) is 0 Å². The molecule has 0 radical (unpaired) electrons. The van der Waals surface area contributed by atoms with Gasteiger partial charge >= 0.3 is 167 Å².